The average molecular weight is 378 g/mol. The molecule has 3 rings (SSSR count). The summed E-state index contributed by atoms with van der Waals surface area (Å²) in [6.07, 6.45) is 0. The first-order chi connectivity index (χ1) is 12.1. The van der Waals surface area contributed by atoms with Gasteiger partial charge < -0.3 is 19.8 Å². The number of imidazole rings is 1. The van der Waals surface area contributed by atoms with Crippen molar-refractivity contribution in [3.63, 3.8) is 0 Å². The molecule has 1 aromatic heterocycles. The number of amides is 1. The number of hydrogen-bond donors (Lipinski definition) is 2. The Kier molecular flexibility index (Phi) is 5.35. The van der Waals surface area contributed by atoms with Crippen molar-refractivity contribution in [3.8, 4) is 11.5 Å². The molecule has 0 aliphatic rings. The highest BCUT2D eigenvalue weighted by Gasteiger charge is 2.10. The third-order valence-corrected chi connectivity index (χ3v) is 4.54. The van der Waals surface area contributed by atoms with Gasteiger partial charge in [0.05, 0.1) is 31.0 Å². The lowest BCUT2D eigenvalue weighted by molar-refractivity contribution is -0.113. The van der Waals surface area contributed by atoms with E-state index in [4.69, 9.17) is 21.1 Å². The van der Waals surface area contributed by atoms with Crippen LogP contribution >= 0.6 is 23.4 Å². The number of carbonyl (C=O) groups is 1. The van der Waals surface area contributed by atoms with E-state index in [0.717, 1.165) is 11.0 Å². The fraction of sp³-hybridized carbons (Fsp3) is 0.176. The Labute approximate surface area is 153 Å². The monoisotopic (exact) mass is 377 g/mol. The molecule has 0 fully saturated rings. The van der Waals surface area contributed by atoms with Gasteiger partial charge in [0.15, 0.2) is 16.7 Å². The standard InChI is InChI=1S/C17H16ClN3O3S/c1-23-14-6-4-11(8-15(14)24-2)19-16(22)9-25-17-20-12-5-3-10(18)7-13(12)21-17/h3-8H,9H2,1-2H3,(H,19,22)(H,20,21). The molecule has 1 amide bonds. The number of rotatable bonds is 6. The maximum absolute atomic E-state index is 12.1. The van der Waals surface area contributed by atoms with Gasteiger partial charge in [-0.2, -0.15) is 0 Å². The number of hydrogen-bond acceptors (Lipinski definition) is 5. The van der Waals surface area contributed by atoms with Gasteiger partial charge >= 0.3 is 0 Å². The molecule has 3 aromatic rings. The molecule has 2 N–H and O–H groups in total. The molecule has 0 saturated heterocycles. The fourth-order valence-corrected chi connectivity index (χ4v) is 3.13. The Bertz CT molecular complexity index is 913. The molecule has 0 aliphatic heterocycles. The van der Waals surface area contributed by atoms with Gasteiger partial charge in [-0.15, -0.1) is 0 Å². The second kappa shape index (κ2) is 7.67. The van der Waals surface area contributed by atoms with Crippen LogP contribution in [-0.2, 0) is 4.79 Å². The van der Waals surface area contributed by atoms with Gasteiger partial charge in [0, 0.05) is 16.8 Å². The lowest BCUT2D eigenvalue weighted by atomic mass is 10.2. The molecular weight excluding hydrogens is 362 g/mol. The van der Waals surface area contributed by atoms with Crippen LogP contribution in [0.3, 0.4) is 0 Å². The van der Waals surface area contributed by atoms with E-state index in [9.17, 15) is 4.79 Å². The van der Waals surface area contributed by atoms with E-state index >= 15 is 0 Å². The maximum Gasteiger partial charge on any atom is 0.234 e. The summed E-state index contributed by atoms with van der Waals surface area (Å²) < 4.78 is 10.4. The van der Waals surface area contributed by atoms with Gasteiger partial charge in [0.25, 0.3) is 0 Å². The van der Waals surface area contributed by atoms with Gasteiger partial charge in [-0.05, 0) is 30.3 Å². The summed E-state index contributed by atoms with van der Waals surface area (Å²) in [5, 5.41) is 4.13. The Morgan fingerprint density at radius 1 is 1.20 bits per heavy atom. The Morgan fingerprint density at radius 3 is 2.76 bits per heavy atom. The molecule has 130 valence electrons. The zero-order valence-corrected chi connectivity index (χ0v) is 15.2. The number of methoxy groups -OCH3 is 2. The van der Waals surface area contributed by atoms with Gasteiger partial charge in [0.1, 0.15) is 0 Å². The number of anilines is 1. The molecule has 0 spiro atoms. The quantitative estimate of drug-likeness (QED) is 0.636. The number of halogens is 1. The summed E-state index contributed by atoms with van der Waals surface area (Å²) in [4.78, 5) is 19.7. The molecular formula is C17H16ClN3O3S. The molecule has 0 radical (unpaired) electrons. The van der Waals surface area contributed by atoms with E-state index in [2.05, 4.69) is 15.3 Å². The molecule has 1 heterocycles. The van der Waals surface area contributed by atoms with Gasteiger partial charge in [-0.25, -0.2) is 4.98 Å². The van der Waals surface area contributed by atoms with E-state index < -0.39 is 0 Å². The number of thioether (sulfide) groups is 1. The summed E-state index contributed by atoms with van der Waals surface area (Å²) in [6, 6.07) is 10.6. The second-order valence-corrected chi connectivity index (χ2v) is 6.51. The normalized spacial score (nSPS) is 10.7. The van der Waals surface area contributed by atoms with Crippen LogP contribution < -0.4 is 14.8 Å². The minimum absolute atomic E-state index is 0.143. The number of fused-ring (bicyclic) bond motifs is 1. The molecule has 2 aromatic carbocycles. The van der Waals surface area contributed by atoms with Gasteiger partial charge in [-0.1, -0.05) is 23.4 Å². The zero-order valence-electron chi connectivity index (χ0n) is 13.6. The van der Waals surface area contributed by atoms with Crippen LogP contribution in [0.15, 0.2) is 41.6 Å². The summed E-state index contributed by atoms with van der Waals surface area (Å²) in [5.41, 5.74) is 2.29. The molecule has 25 heavy (non-hydrogen) atoms. The zero-order chi connectivity index (χ0) is 17.8. The van der Waals surface area contributed by atoms with Crippen molar-refractivity contribution >= 4 is 46.0 Å². The number of ether oxygens (including phenoxy) is 2. The number of nitrogens with zero attached hydrogens (tertiary/aromatic N) is 1. The topological polar surface area (TPSA) is 76.2 Å². The average Bonchev–Trinajstić information content (AvgIpc) is 3.01. The molecule has 0 unspecified atom stereocenters. The summed E-state index contributed by atoms with van der Waals surface area (Å²) in [5.74, 6) is 1.25. The lowest BCUT2D eigenvalue weighted by Gasteiger charge is -2.10. The van der Waals surface area contributed by atoms with Crippen molar-refractivity contribution in [1.29, 1.82) is 0 Å². The van der Waals surface area contributed by atoms with E-state index in [1.807, 2.05) is 6.07 Å². The molecule has 6 nitrogen and oxygen atoms in total. The smallest absolute Gasteiger partial charge is 0.234 e. The highest BCUT2D eigenvalue weighted by Crippen LogP contribution is 2.30. The summed E-state index contributed by atoms with van der Waals surface area (Å²) in [6.45, 7) is 0. The third kappa shape index (κ3) is 4.18. The van der Waals surface area contributed by atoms with Crippen LogP contribution in [0, 0.1) is 0 Å². The molecule has 0 atom stereocenters. The van der Waals surface area contributed by atoms with Crippen LogP contribution in [0.5, 0.6) is 11.5 Å². The molecule has 0 saturated carbocycles. The van der Waals surface area contributed by atoms with Crippen LogP contribution in [-0.4, -0.2) is 35.8 Å². The molecule has 0 bridgehead atoms. The first kappa shape index (κ1) is 17.4. The largest absolute Gasteiger partial charge is 0.493 e. The minimum Gasteiger partial charge on any atom is -0.493 e. The van der Waals surface area contributed by atoms with Crippen molar-refractivity contribution in [3.05, 3.63) is 41.4 Å². The number of nitrogens with one attached hydrogen (secondary N) is 2. The first-order valence-corrected chi connectivity index (χ1v) is 8.75. The second-order valence-electron chi connectivity index (χ2n) is 5.11. The van der Waals surface area contributed by atoms with Crippen molar-refractivity contribution in [1.82, 2.24) is 9.97 Å². The number of H-pyrrole nitrogens is 1. The van der Waals surface area contributed by atoms with E-state index in [0.29, 0.717) is 27.4 Å². The van der Waals surface area contributed by atoms with Crippen molar-refractivity contribution < 1.29 is 14.3 Å². The number of aromatic amines is 1. The Balaban J connectivity index is 1.62. The van der Waals surface area contributed by atoms with Crippen molar-refractivity contribution in [2.24, 2.45) is 0 Å². The minimum atomic E-state index is -0.143. The third-order valence-electron chi connectivity index (χ3n) is 3.43. The highest BCUT2D eigenvalue weighted by molar-refractivity contribution is 7.99. The van der Waals surface area contributed by atoms with Crippen LogP contribution in [0.1, 0.15) is 0 Å². The maximum atomic E-state index is 12.1. The predicted octanol–water partition coefficient (Wildman–Crippen LogP) is 3.96. The Morgan fingerprint density at radius 2 is 2.00 bits per heavy atom. The predicted molar refractivity (Wildman–Crippen MR) is 100 cm³/mol. The van der Waals surface area contributed by atoms with Crippen molar-refractivity contribution in [2.45, 2.75) is 5.16 Å². The summed E-state index contributed by atoms with van der Waals surface area (Å²) >= 11 is 7.27. The fourth-order valence-electron chi connectivity index (χ4n) is 2.27. The number of benzene rings is 2. The number of carbonyl (C=O) groups excluding carboxylic acids is 1. The van der Waals surface area contributed by atoms with Gasteiger partial charge in [-0.3, -0.25) is 4.79 Å². The van der Waals surface area contributed by atoms with Crippen molar-refractivity contribution in [2.75, 3.05) is 25.3 Å². The van der Waals surface area contributed by atoms with E-state index in [-0.39, 0.29) is 11.7 Å². The first-order valence-electron chi connectivity index (χ1n) is 7.39. The van der Waals surface area contributed by atoms with Gasteiger partial charge in [0.2, 0.25) is 5.91 Å². The number of aromatic nitrogens is 2. The van der Waals surface area contributed by atoms with E-state index in [1.54, 1.807) is 44.6 Å². The molecule has 0 aliphatic carbocycles. The summed E-state index contributed by atoms with van der Waals surface area (Å²) in [7, 11) is 3.11. The van der Waals surface area contributed by atoms with Crippen LogP contribution in [0.25, 0.3) is 11.0 Å². The highest BCUT2D eigenvalue weighted by atomic mass is 35.5. The molecule has 8 heteroatoms. The van der Waals surface area contributed by atoms with Crippen LogP contribution in [0.2, 0.25) is 5.02 Å². The van der Waals surface area contributed by atoms with E-state index in [1.165, 1.54) is 11.8 Å². The Hall–Kier alpha value is -2.38. The van der Waals surface area contributed by atoms with Crippen LogP contribution in [0.4, 0.5) is 5.69 Å². The SMILES string of the molecule is COc1ccc(NC(=O)CSc2nc3ccc(Cl)cc3[nH]2)cc1OC. The lowest BCUT2D eigenvalue weighted by Crippen LogP contribution is -2.14.